The van der Waals surface area contributed by atoms with Gasteiger partial charge in [0, 0.05) is 30.7 Å². The number of carbonyl (C=O) groups is 1. The number of amides is 1. The van der Waals surface area contributed by atoms with Gasteiger partial charge in [-0.05, 0) is 37.1 Å². The number of nitrogens with zero attached hydrogens (tertiary/aromatic N) is 1. The van der Waals surface area contributed by atoms with Crippen LogP contribution in [0.3, 0.4) is 0 Å². The molecule has 1 saturated heterocycles. The summed E-state index contributed by atoms with van der Waals surface area (Å²) in [6.45, 7) is 3.77. The molecule has 0 bridgehead atoms. The lowest BCUT2D eigenvalue weighted by Gasteiger charge is -2.22. The zero-order chi connectivity index (χ0) is 13.8. The van der Waals surface area contributed by atoms with Gasteiger partial charge in [0.1, 0.15) is 0 Å². The first-order chi connectivity index (χ1) is 9.09. The first-order valence-corrected chi connectivity index (χ1v) is 6.88. The Bertz CT molecular complexity index is 493. The number of rotatable bonds is 3. The number of allylic oxidation sites excluding steroid dienone is 1. The van der Waals surface area contributed by atoms with Crippen molar-refractivity contribution in [1.29, 1.82) is 0 Å². The van der Waals surface area contributed by atoms with Crippen LogP contribution >= 0.6 is 11.6 Å². The molecule has 1 atom stereocenters. The fraction of sp³-hybridized carbons (Fsp3) is 0.400. The van der Waals surface area contributed by atoms with Crippen molar-refractivity contribution in [3.8, 4) is 0 Å². The minimum atomic E-state index is 0.0334. The topological polar surface area (TPSA) is 32.3 Å². The van der Waals surface area contributed by atoms with Gasteiger partial charge in [0.05, 0.1) is 0 Å². The molecule has 0 radical (unpaired) electrons. The standard InChI is InChI=1S/C15H19ClN2O/c1-11(13-5-3-4-6-14(13)16)9-15(19)18(2)12-7-8-17-10-12/h3-6,9,12,17H,7-8,10H2,1-2H3/b11-9+. The molecular formula is C15H19ClN2O. The fourth-order valence-corrected chi connectivity index (χ4v) is 2.58. The minimum Gasteiger partial charge on any atom is -0.338 e. The predicted molar refractivity (Wildman–Crippen MR) is 79.1 cm³/mol. The molecule has 4 heteroatoms. The van der Waals surface area contributed by atoms with Crippen LogP contribution in [0.2, 0.25) is 5.02 Å². The molecular weight excluding hydrogens is 260 g/mol. The van der Waals surface area contributed by atoms with E-state index in [1.165, 1.54) is 0 Å². The average Bonchev–Trinajstić information content (AvgIpc) is 2.92. The van der Waals surface area contributed by atoms with Gasteiger partial charge >= 0.3 is 0 Å². The molecule has 2 rings (SSSR count). The van der Waals surface area contributed by atoms with E-state index in [-0.39, 0.29) is 5.91 Å². The highest BCUT2D eigenvalue weighted by atomic mass is 35.5. The van der Waals surface area contributed by atoms with Crippen molar-refractivity contribution in [2.24, 2.45) is 0 Å². The van der Waals surface area contributed by atoms with E-state index < -0.39 is 0 Å². The Morgan fingerprint density at radius 2 is 2.21 bits per heavy atom. The summed E-state index contributed by atoms with van der Waals surface area (Å²) < 4.78 is 0. The van der Waals surface area contributed by atoms with Crippen LogP contribution in [0.25, 0.3) is 5.57 Å². The number of carbonyl (C=O) groups excluding carboxylic acids is 1. The van der Waals surface area contributed by atoms with Gasteiger partial charge in [-0.25, -0.2) is 0 Å². The second-order valence-corrected chi connectivity index (χ2v) is 5.31. The van der Waals surface area contributed by atoms with Crippen LogP contribution in [-0.4, -0.2) is 37.0 Å². The summed E-state index contributed by atoms with van der Waals surface area (Å²) in [5.41, 5.74) is 1.81. The molecule has 1 fully saturated rings. The highest BCUT2D eigenvalue weighted by Gasteiger charge is 2.22. The van der Waals surface area contributed by atoms with Crippen LogP contribution in [-0.2, 0) is 4.79 Å². The highest BCUT2D eigenvalue weighted by molar-refractivity contribution is 6.32. The van der Waals surface area contributed by atoms with Crippen molar-refractivity contribution >= 4 is 23.1 Å². The maximum atomic E-state index is 12.2. The summed E-state index contributed by atoms with van der Waals surface area (Å²) in [6, 6.07) is 7.87. The van der Waals surface area contributed by atoms with Gasteiger partial charge in [0.25, 0.3) is 0 Å². The molecule has 1 unspecified atom stereocenters. The predicted octanol–water partition coefficient (Wildman–Crippen LogP) is 2.56. The Morgan fingerprint density at radius 3 is 2.84 bits per heavy atom. The van der Waals surface area contributed by atoms with Crippen LogP contribution in [0.5, 0.6) is 0 Å². The first-order valence-electron chi connectivity index (χ1n) is 6.50. The molecule has 3 nitrogen and oxygen atoms in total. The van der Waals surface area contributed by atoms with Crippen LogP contribution < -0.4 is 5.32 Å². The van der Waals surface area contributed by atoms with E-state index in [2.05, 4.69) is 5.32 Å². The molecule has 0 aromatic heterocycles. The number of likely N-dealkylation sites (N-methyl/N-ethyl adjacent to an activating group) is 1. The zero-order valence-electron chi connectivity index (χ0n) is 11.3. The summed E-state index contributed by atoms with van der Waals surface area (Å²) in [5.74, 6) is 0.0334. The third kappa shape index (κ3) is 3.37. The lowest BCUT2D eigenvalue weighted by Crippen LogP contribution is -2.37. The molecule has 1 aliphatic rings. The van der Waals surface area contributed by atoms with Gasteiger partial charge in [-0.15, -0.1) is 0 Å². The third-order valence-electron chi connectivity index (χ3n) is 3.57. The first kappa shape index (κ1) is 14.1. The summed E-state index contributed by atoms with van der Waals surface area (Å²) in [4.78, 5) is 14.0. The van der Waals surface area contributed by atoms with E-state index in [1.54, 1.807) is 11.0 Å². The maximum absolute atomic E-state index is 12.2. The van der Waals surface area contributed by atoms with Crippen molar-refractivity contribution in [1.82, 2.24) is 10.2 Å². The van der Waals surface area contributed by atoms with Crippen LogP contribution in [0, 0.1) is 0 Å². The Hall–Kier alpha value is -1.32. The lowest BCUT2D eigenvalue weighted by atomic mass is 10.1. The largest absolute Gasteiger partial charge is 0.338 e. The van der Waals surface area contributed by atoms with E-state index in [9.17, 15) is 4.79 Å². The molecule has 1 aromatic carbocycles. The van der Waals surface area contributed by atoms with E-state index in [0.29, 0.717) is 11.1 Å². The number of nitrogens with one attached hydrogen (secondary N) is 1. The second-order valence-electron chi connectivity index (χ2n) is 4.90. The molecule has 1 aromatic rings. The molecule has 1 amide bonds. The van der Waals surface area contributed by atoms with E-state index in [1.807, 2.05) is 38.2 Å². The second kappa shape index (κ2) is 6.22. The van der Waals surface area contributed by atoms with Gasteiger partial charge in [0.15, 0.2) is 0 Å². The SMILES string of the molecule is C/C(=C\C(=O)N(C)C1CCNC1)c1ccccc1Cl. The molecule has 0 spiro atoms. The summed E-state index contributed by atoms with van der Waals surface area (Å²) in [7, 11) is 1.86. The molecule has 1 N–H and O–H groups in total. The van der Waals surface area contributed by atoms with Crippen molar-refractivity contribution in [2.45, 2.75) is 19.4 Å². The van der Waals surface area contributed by atoms with Crippen LogP contribution in [0.1, 0.15) is 18.9 Å². The van der Waals surface area contributed by atoms with Crippen molar-refractivity contribution in [3.05, 3.63) is 40.9 Å². The van der Waals surface area contributed by atoms with Gasteiger partial charge in [-0.1, -0.05) is 29.8 Å². The van der Waals surface area contributed by atoms with Gasteiger partial charge in [0.2, 0.25) is 5.91 Å². The Labute approximate surface area is 119 Å². The van der Waals surface area contributed by atoms with Crippen LogP contribution in [0.15, 0.2) is 30.3 Å². The maximum Gasteiger partial charge on any atom is 0.246 e. The monoisotopic (exact) mass is 278 g/mol. The molecule has 1 aliphatic heterocycles. The summed E-state index contributed by atoms with van der Waals surface area (Å²) in [6.07, 6.45) is 2.68. The zero-order valence-corrected chi connectivity index (χ0v) is 12.1. The molecule has 19 heavy (non-hydrogen) atoms. The number of halogens is 1. The fourth-order valence-electron chi connectivity index (χ4n) is 2.30. The van der Waals surface area contributed by atoms with E-state index in [4.69, 9.17) is 11.6 Å². The molecule has 102 valence electrons. The van der Waals surface area contributed by atoms with Gasteiger partial charge in [-0.3, -0.25) is 4.79 Å². The highest BCUT2D eigenvalue weighted by Crippen LogP contribution is 2.23. The average molecular weight is 279 g/mol. The minimum absolute atomic E-state index is 0.0334. The normalized spacial score (nSPS) is 19.5. The van der Waals surface area contributed by atoms with Crippen molar-refractivity contribution in [2.75, 3.05) is 20.1 Å². The van der Waals surface area contributed by atoms with Crippen molar-refractivity contribution in [3.63, 3.8) is 0 Å². The number of benzene rings is 1. The quantitative estimate of drug-likeness (QED) is 0.862. The van der Waals surface area contributed by atoms with Gasteiger partial charge in [-0.2, -0.15) is 0 Å². The number of hydrogen-bond acceptors (Lipinski definition) is 2. The van der Waals surface area contributed by atoms with Crippen LogP contribution in [0.4, 0.5) is 0 Å². The summed E-state index contributed by atoms with van der Waals surface area (Å²) >= 11 is 6.13. The smallest absolute Gasteiger partial charge is 0.246 e. The van der Waals surface area contributed by atoms with E-state index in [0.717, 1.165) is 30.6 Å². The lowest BCUT2D eigenvalue weighted by molar-refractivity contribution is -0.126. The summed E-state index contributed by atoms with van der Waals surface area (Å²) in [5, 5.41) is 3.94. The van der Waals surface area contributed by atoms with Crippen molar-refractivity contribution < 1.29 is 4.79 Å². The van der Waals surface area contributed by atoms with Gasteiger partial charge < -0.3 is 10.2 Å². The molecule has 0 saturated carbocycles. The third-order valence-corrected chi connectivity index (χ3v) is 3.90. The number of hydrogen-bond donors (Lipinski definition) is 1. The van der Waals surface area contributed by atoms with E-state index >= 15 is 0 Å². The molecule has 0 aliphatic carbocycles. The Kier molecular flexibility index (Phi) is 4.61. The Morgan fingerprint density at radius 1 is 1.47 bits per heavy atom. The Balaban J connectivity index is 2.11. The molecule has 1 heterocycles.